The van der Waals surface area contributed by atoms with Gasteiger partial charge in [0.1, 0.15) is 0 Å². The summed E-state index contributed by atoms with van der Waals surface area (Å²) in [6, 6.07) is 9.77. The van der Waals surface area contributed by atoms with Crippen molar-refractivity contribution in [2.75, 3.05) is 6.61 Å². The van der Waals surface area contributed by atoms with Crippen molar-refractivity contribution in [2.45, 2.75) is 58.0 Å². The van der Waals surface area contributed by atoms with Crippen molar-refractivity contribution in [1.29, 1.82) is 0 Å². The largest absolute Gasteiger partial charge is 0.464 e. The van der Waals surface area contributed by atoms with Crippen molar-refractivity contribution in [1.82, 2.24) is 0 Å². The van der Waals surface area contributed by atoms with Crippen LogP contribution in [0.15, 0.2) is 30.3 Å². The Morgan fingerprint density at radius 1 is 1.20 bits per heavy atom. The van der Waals surface area contributed by atoms with Gasteiger partial charge in [-0.2, -0.15) is 0 Å². The molecule has 0 amide bonds. The monoisotopic (exact) mass is 278 g/mol. The zero-order chi connectivity index (χ0) is 15.0. The number of esters is 1. The number of hydrogen-bond donors (Lipinski definition) is 1. The normalized spacial score (nSPS) is 15.4. The summed E-state index contributed by atoms with van der Waals surface area (Å²) in [5, 5.41) is 11.0. The Balaban J connectivity index is 3.14. The SMILES string of the molecule is CCCC(c1ccccc1)C(O)(CCC)C(=O)OCC. The number of hydrogen-bond acceptors (Lipinski definition) is 3. The van der Waals surface area contributed by atoms with Gasteiger partial charge in [0.25, 0.3) is 0 Å². The van der Waals surface area contributed by atoms with Crippen LogP contribution in [-0.4, -0.2) is 23.3 Å². The molecule has 0 aliphatic rings. The smallest absolute Gasteiger partial charge is 0.338 e. The first-order chi connectivity index (χ1) is 9.60. The first-order valence-corrected chi connectivity index (χ1v) is 7.54. The summed E-state index contributed by atoms with van der Waals surface area (Å²) in [6.45, 7) is 6.09. The summed E-state index contributed by atoms with van der Waals surface area (Å²) in [7, 11) is 0. The van der Waals surface area contributed by atoms with Crippen molar-refractivity contribution in [3.8, 4) is 0 Å². The maximum absolute atomic E-state index is 12.3. The minimum absolute atomic E-state index is 0.215. The molecule has 1 aromatic rings. The Morgan fingerprint density at radius 2 is 1.85 bits per heavy atom. The fraction of sp³-hybridized carbons (Fsp3) is 0.588. The summed E-state index contributed by atoms with van der Waals surface area (Å²) in [5.41, 5.74) is -0.430. The van der Waals surface area contributed by atoms with Gasteiger partial charge in [-0.1, -0.05) is 57.0 Å². The highest BCUT2D eigenvalue weighted by molar-refractivity contribution is 5.80. The Hall–Kier alpha value is -1.35. The molecule has 0 saturated carbocycles. The van der Waals surface area contributed by atoms with Gasteiger partial charge in [-0.3, -0.25) is 0 Å². The third kappa shape index (κ3) is 3.83. The second-order valence-electron chi connectivity index (χ2n) is 5.15. The number of carbonyl (C=O) groups is 1. The van der Waals surface area contributed by atoms with Gasteiger partial charge in [-0.25, -0.2) is 4.79 Å². The Morgan fingerprint density at radius 3 is 2.35 bits per heavy atom. The summed E-state index contributed by atoms with van der Waals surface area (Å²) in [6.07, 6.45) is 2.83. The van der Waals surface area contributed by atoms with E-state index in [0.29, 0.717) is 13.0 Å². The maximum Gasteiger partial charge on any atom is 0.338 e. The molecule has 0 saturated heterocycles. The molecule has 0 bridgehead atoms. The molecular formula is C17H26O3. The summed E-state index contributed by atoms with van der Waals surface area (Å²) >= 11 is 0. The third-order valence-corrected chi connectivity index (χ3v) is 3.62. The quantitative estimate of drug-likeness (QED) is 0.738. The molecule has 0 aliphatic heterocycles. The lowest BCUT2D eigenvalue weighted by molar-refractivity contribution is -0.169. The molecule has 3 nitrogen and oxygen atoms in total. The Labute approximate surface area is 122 Å². The fourth-order valence-electron chi connectivity index (χ4n) is 2.71. The van der Waals surface area contributed by atoms with Crippen LogP contribution in [0.1, 0.15) is 57.9 Å². The predicted octanol–water partition coefficient (Wildman–Crippen LogP) is 3.66. The van der Waals surface area contributed by atoms with E-state index < -0.39 is 11.6 Å². The van der Waals surface area contributed by atoms with Crippen LogP contribution in [0.2, 0.25) is 0 Å². The van der Waals surface area contributed by atoms with E-state index in [2.05, 4.69) is 6.92 Å². The van der Waals surface area contributed by atoms with Gasteiger partial charge in [0.2, 0.25) is 0 Å². The van der Waals surface area contributed by atoms with Gasteiger partial charge >= 0.3 is 5.97 Å². The lowest BCUT2D eigenvalue weighted by Gasteiger charge is -2.34. The van der Waals surface area contributed by atoms with E-state index in [1.54, 1.807) is 6.92 Å². The molecule has 3 heteroatoms. The second-order valence-corrected chi connectivity index (χ2v) is 5.15. The molecular weight excluding hydrogens is 252 g/mol. The van der Waals surface area contributed by atoms with E-state index in [1.165, 1.54) is 0 Å². The van der Waals surface area contributed by atoms with Crippen LogP contribution in [0.5, 0.6) is 0 Å². The van der Waals surface area contributed by atoms with Crippen LogP contribution < -0.4 is 0 Å². The zero-order valence-electron chi connectivity index (χ0n) is 12.8. The average molecular weight is 278 g/mol. The average Bonchev–Trinajstić information content (AvgIpc) is 2.46. The van der Waals surface area contributed by atoms with E-state index in [9.17, 15) is 9.90 Å². The van der Waals surface area contributed by atoms with Crippen molar-refractivity contribution < 1.29 is 14.6 Å². The minimum atomic E-state index is -1.43. The molecule has 20 heavy (non-hydrogen) atoms. The van der Waals surface area contributed by atoms with Crippen LogP contribution in [0.25, 0.3) is 0 Å². The first kappa shape index (κ1) is 16.7. The molecule has 1 N–H and O–H groups in total. The molecule has 1 rings (SSSR count). The minimum Gasteiger partial charge on any atom is -0.464 e. The Bertz CT molecular complexity index is 402. The lowest BCUT2D eigenvalue weighted by Crippen LogP contribution is -2.45. The number of rotatable bonds is 8. The van der Waals surface area contributed by atoms with E-state index in [1.807, 2.05) is 37.3 Å². The highest BCUT2D eigenvalue weighted by atomic mass is 16.5. The highest BCUT2D eigenvalue weighted by Gasteiger charge is 2.44. The molecule has 2 unspecified atom stereocenters. The first-order valence-electron chi connectivity index (χ1n) is 7.54. The molecule has 112 valence electrons. The van der Waals surface area contributed by atoms with Crippen molar-refractivity contribution in [3.05, 3.63) is 35.9 Å². The molecule has 2 atom stereocenters. The van der Waals surface area contributed by atoms with Crippen LogP contribution in [0.3, 0.4) is 0 Å². The summed E-state index contributed by atoms with van der Waals surface area (Å²) in [5.74, 6) is -0.711. The molecule has 0 aromatic heterocycles. The van der Waals surface area contributed by atoms with Gasteiger partial charge < -0.3 is 9.84 Å². The lowest BCUT2D eigenvalue weighted by atomic mass is 9.76. The molecule has 0 fully saturated rings. The van der Waals surface area contributed by atoms with Crippen molar-refractivity contribution in [3.63, 3.8) is 0 Å². The number of carbonyl (C=O) groups excluding carboxylic acids is 1. The molecule has 1 aromatic carbocycles. The molecule has 0 radical (unpaired) electrons. The van der Waals surface area contributed by atoms with E-state index in [-0.39, 0.29) is 5.92 Å². The fourth-order valence-corrected chi connectivity index (χ4v) is 2.71. The van der Waals surface area contributed by atoms with Gasteiger partial charge in [-0.05, 0) is 25.3 Å². The highest BCUT2D eigenvalue weighted by Crippen LogP contribution is 2.37. The van der Waals surface area contributed by atoms with E-state index in [0.717, 1.165) is 24.8 Å². The van der Waals surface area contributed by atoms with Crippen LogP contribution in [0, 0.1) is 0 Å². The number of benzene rings is 1. The summed E-state index contributed by atoms with van der Waals surface area (Å²) in [4.78, 5) is 12.3. The van der Waals surface area contributed by atoms with Gasteiger partial charge in [0.05, 0.1) is 6.61 Å². The van der Waals surface area contributed by atoms with Crippen LogP contribution >= 0.6 is 0 Å². The second kappa shape index (κ2) is 8.05. The van der Waals surface area contributed by atoms with Crippen molar-refractivity contribution in [2.24, 2.45) is 0 Å². The van der Waals surface area contributed by atoms with Crippen LogP contribution in [-0.2, 0) is 9.53 Å². The third-order valence-electron chi connectivity index (χ3n) is 3.62. The molecule has 0 heterocycles. The number of ether oxygens (including phenoxy) is 1. The molecule has 0 spiro atoms. The van der Waals surface area contributed by atoms with Crippen molar-refractivity contribution >= 4 is 5.97 Å². The van der Waals surface area contributed by atoms with Gasteiger partial charge in [-0.15, -0.1) is 0 Å². The predicted molar refractivity (Wildman–Crippen MR) is 80.6 cm³/mol. The van der Waals surface area contributed by atoms with E-state index >= 15 is 0 Å². The van der Waals surface area contributed by atoms with Gasteiger partial charge in [0.15, 0.2) is 5.60 Å². The molecule has 0 aliphatic carbocycles. The topological polar surface area (TPSA) is 46.5 Å². The number of aliphatic hydroxyl groups is 1. The standard InChI is InChI=1S/C17H26O3/c1-4-10-15(14-11-8-7-9-12-14)17(19,13-5-2)16(18)20-6-3/h7-9,11-12,15,19H,4-6,10,13H2,1-3H3. The van der Waals surface area contributed by atoms with Gasteiger partial charge in [0, 0.05) is 5.92 Å². The summed E-state index contributed by atoms with van der Waals surface area (Å²) < 4.78 is 5.12. The maximum atomic E-state index is 12.3. The van der Waals surface area contributed by atoms with E-state index in [4.69, 9.17) is 4.74 Å². The van der Waals surface area contributed by atoms with Crippen LogP contribution in [0.4, 0.5) is 0 Å². The zero-order valence-corrected chi connectivity index (χ0v) is 12.8. The Kier molecular flexibility index (Phi) is 6.73.